The van der Waals surface area contributed by atoms with Crippen LogP contribution in [0.15, 0.2) is 121 Å². The first-order valence-corrected chi connectivity index (χ1v) is 23.5. The second-order valence-corrected chi connectivity index (χ2v) is 17.2. The van der Waals surface area contributed by atoms with Crippen LogP contribution in [-0.4, -0.2) is 43.2 Å². The maximum atomic E-state index is 14.3. The van der Waals surface area contributed by atoms with Gasteiger partial charge in [0.25, 0.3) is 0 Å². The van der Waals surface area contributed by atoms with Crippen molar-refractivity contribution in [3.05, 3.63) is 155 Å². The highest BCUT2D eigenvalue weighted by Crippen LogP contribution is 2.37. The highest BCUT2D eigenvalue weighted by Gasteiger charge is 2.22. The fourth-order valence-corrected chi connectivity index (χ4v) is 9.03. The van der Waals surface area contributed by atoms with Crippen molar-refractivity contribution in [2.24, 2.45) is 0 Å². The Morgan fingerprint density at radius 2 is 0.942 bits per heavy atom. The largest absolute Gasteiger partial charge is 0.489 e. The molecule has 0 amide bonds. The lowest BCUT2D eigenvalue weighted by atomic mass is 9.92. The monoisotopic (exact) mass is 914 g/mol. The molecule has 0 saturated heterocycles. The number of rotatable bonds is 7. The van der Waals surface area contributed by atoms with Crippen LogP contribution < -0.4 is 23.8 Å². The van der Waals surface area contributed by atoms with Crippen LogP contribution in [0, 0.1) is 23.7 Å². The Morgan fingerprint density at radius 1 is 0.493 bits per heavy atom. The molecular formula is C59H50N2O8. The number of ether oxygens (including phenoxy) is 6. The van der Waals surface area contributed by atoms with Crippen LogP contribution in [0.25, 0.3) is 43.1 Å². The summed E-state index contributed by atoms with van der Waals surface area (Å²) in [7, 11) is 0. The van der Waals surface area contributed by atoms with Crippen molar-refractivity contribution in [2.75, 3.05) is 31.2 Å². The van der Waals surface area contributed by atoms with E-state index in [0.717, 1.165) is 98.7 Å². The van der Waals surface area contributed by atoms with Gasteiger partial charge in [-0.15, -0.1) is 0 Å². The minimum Gasteiger partial charge on any atom is -0.489 e. The lowest BCUT2D eigenvalue weighted by Crippen LogP contribution is -2.26. The second-order valence-electron chi connectivity index (χ2n) is 17.2. The number of fused-ring (bicyclic) bond motifs is 9. The predicted molar refractivity (Wildman–Crippen MR) is 269 cm³/mol. The summed E-state index contributed by atoms with van der Waals surface area (Å²) < 4.78 is 37.8. The lowest BCUT2D eigenvalue weighted by molar-refractivity contribution is 0.0459. The van der Waals surface area contributed by atoms with Crippen molar-refractivity contribution < 1.29 is 38.0 Å². The first kappa shape index (κ1) is 44.6. The summed E-state index contributed by atoms with van der Waals surface area (Å²) in [5.74, 6) is 12.1. The fraction of sp³-hybridized carbons (Fsp3) is 0.237. The molecule has 2 aliphatic heterocycles. The molecule has 10 bridgehead atoms. The third-order valence-electron chi connectivity index (χ3n) is 12.6. The predicted octanol–water partition coefficient (Wildman–Crippen LogP) is 12.1. The van der Waals surface area contributed by atoms with Gasteiger partial charge in [0.05, 0.1) is 11.4 Å². The quantitative estimate of drug-likeness (QED) is 0.0872. The van der Waals surface area contributed by atoms with E-state index in [4.69, 9.17) is 33.4 Å². The zero-order chi connectivity index (χ0) is 47.1. The van der Waals surface area contributed by atoms with E-state index in [1.807, 2.05) is 84.9 Å². The number of aromatic nitrogens is 1. The Hall–Kier alpha value is -8.21. The van der Waals surface area contributed by atoms with Crippen LogP contribution in [0.2, 0.25) is 0 Å². The van der Waals surface area contributed by atoms with Crippen LogP contribution >= 0.6 is 0 Å². The minimum atomic E-state index is -0.602. The van der Waals surface area contributed by atoms with Crippen LogP contribution in [0.5, 0.6) is 23.0 Å². The summed E-state index contributed by atoms with van der Waals surface area (Å²) in [5.41, 5.74) is 4.43. The van der Waals surface area contributed by atoms with E-state index in [1.54, 1.807) is 12.1 Å². The second kappa shape index (κ2) is 20.3. The molecule has 10 heteroatoms. The number of pyridine rings is 1. The van der Waals surface area contributed by atoms with Gasteiger partial charge in [-0.25, -0.2) is 9.59 Å². The molecule has 0 saturated carbocycles. The number of nitrogens with zero attached hydrogens (tertiary/aromatic N) is 2. The van der Waals surface area contributed by atoms with Crippen molar-refractivity contribution in [3.8, 4) is 46.7 Å². The van der Waals surface area contributed by atoms with Gasteiger partial charge < -0.3 is 33.3 Å². The molecule has 0 atom stereocenters. The molecule has 0 fully saturated rings. The minimum absolute atomic E-state index is 0.0477. The topological polar surface area (TPSA) is 106 Å². The van der Waals surface area contributed by atoms with E-state index in [1.165, 1.54) is 0 Å². The number of hydrogen-bond donors (Lipinski definition) is 0. The molecule has 8 aromatic rings. The van der Waals surface area contributed by atoms with Gasteiger partial charge in [-0.3, -0.25) is 4.98 Å². The van der Waals surface area contributed by atoms with E-state index >= 15 is 0 Å². The van der Waals surface area contributed by atoms with Gasteiger partial charge in [0.1, 0.15) is 73.8 Å². The molecular weight excluding hydrogens is 865 g/mol. The van der Waals surface area contributed by atoms with Gasteiger partial charge in [0, 0.05) is 29.9 Å². The van der Waals surface area contributed by atoms with Gasteiger partial charge >= 0.3 is 11.9 Å². The molecule has 10 nitrogen and oxygen atoms in total. The van der Waals surface area contributed by atoms with E-state index in [0.29, 0.717) is 34.4 Å². The fourth-order valence-electron chi connectivity index (χ4n) is 9.03. The highest BCUT2D eigenvalue weighted by atomic mass is 16.5. The molecule has 3 heterocycles. The lowest BCUT2D eigenvalue weighted by Gasteiger charge is -2.26. The SMILES string of the molecule is CCCCN(CCCC)c1cc2nc(c1)COC(=O)c1cc3cc4ccc3cc1OCC#CC#CCOc1cc3ccc(cc3cc1C(=O)OC2)OCc1c2ccccc2c(c2ccccc12)CO4. The summed E-state index contributed by atoms with van der Waals surface area (Å²) >= 11 is 0. The summed E-state index contributed by atoms with van der Waals surface area (Å²) in [6.07, 6.45) is 4.03. The maximum Gasteiger partial charge on any atom is 0.342 e. The van der Waals surface area contributed by atoms with Crippen LogP contribution in [0.1, 0.15) is 82.8 Å². The number of carbonyl (C=O) groups excluding carboxylic acids is 2. The molecule has 344 valence electrons. The average molecular weight is 915 g/mol. The standard InChI is InChI=1S/C59H50N2O8/c1-3-5-23-61(24-6-4-2)45-33-43-35-68-58(62)52-29-41-27-46-21-19-39(41)31-56(52)64-25-13-7-8-14-26-65-57-32-40-20-22-47(28-42(40)30-53(57)59(63)69-36-44(34-45)60-43)67-38-55-50-17-11-9-15-48(50)54(37-66-46)49-16-10-12-18-51(49)55/h9-12,15-22,27-34H,3-6,23-26,35-38H2,1-2H3. The Labute approximate surface area is 401 Å². The smallest absolute Gasteiger partial charge is 0.342 e. The molecule has 0 N–H and O–H groups in total. The van der Waals surface area contributed by atoms with Gasteiger partial charge in [-0.05, 0) is 140 Å². The average Bonchev–Trinajstić information content (AvgIpc) is 3.37. The molecule has 0 radical (unpaired) electrons. The van der Waals surface area contributed by atoms with Crippen molar-refractivity contribution in [2.45, 2.75) is 66.0 Å². The molecule has 2 aliphatic rings. The molecule has 10 rings (SSSR count). The number of esters is 2. The Balaban J connectivity index is 1.13. The van der Waals surface area contributed by atoms with Gasteiger partial charge in [-0.1, -0.05) is 87.4 Å². The van der Waals surface area contributed by atoms with Crippen LogP contribution in [-0.2, 0) is 35.9 Å². The molecule has 0 spiro atoms. The zero-order valence-electron chi connectivity index (χ0n) is 38.7. The van der Waals surface area contributed by atoms with Crippen molar-refractivity contribution in [1.82, 2.24) is 4.98 Å². The number of anilines is 1. The number of carbonyl (C=O) groups is 2. The van der Waals surface area contributed by atoms with Crippen molar-refractivity contribution in [3.63, 3.8) is 0 Å². The van der Waals surface area contributed by atoms with E-state index < -0.39 is 11.9 Å². The van der Waals surface area contributed by atoms with E-state index in [9.17, 15) is 9.59 Å². The number of hydrogen-bond acceptors (Lipinski definition) is 10. The van der Waals surface area contributed by atoms with Crippen LogP contribution in [0.3, 0.4) is 0 Å². The Kier molecular flexibility index (Phi) is 13.2. The van der Waals surface area contributed by atoms with Gasteiger partial charge in [0.15, 0.2) is 0 Å². The first-order valence-electron chi connectivity index (χ1n) is 23.5. The maximum absolute atomic E-state index is 14.3. The molecule has 69 heavy (non-hydrogen) atoms. The summed E-state index contributed by atoms with van der Waals surface area (Å²) in [6, 6.07) is 39.3. The molecule has 1 aromatic heterocycles. The van der Waals surface area contributed by atoms with Crippen molar-refractivity contribution >= 4 is 60.7 Å². The Bertz CT molecular complexity index is 3140. The van der Waals surface area contributed by atoms with Gasteiger partial charge in [0.2, 0.25) is 0 Å². The summed E-state index contributed by atoms with van der Waals surface area (Å²) in [4.78, 5) is 35.8. The normalized spacial score (nSPS) is 13.8. The Morgan fingerprint density at radius 3 is 1.38 bits per heavy atom. The molecule has 0 aliphatic carbocycles. The van der Waals surface area contributed by atoms with Gasteiger partial charge in [-0.2, -0.15) is 0 Å². The zero-order valence-corrected chi connectivity index (χ0v) is 38.7. The highest BCUT2D eigenvalue weighted by molar-refractivity contribution is 6.06. The number of benzene rings is 7. The first-order chi connectivity index (χ1) is 33.9. The third-order valence-corrected chi connectivity index (χ3v) is 12.6. The van der Waals surface area contributed by atoms with Crippen molar-refractivity contribution in [1.29, 1.82) is 0 Å². The van der Waals surface area contributed by atoms with E-state index in [2.05, 4.69) is 66.7 Å². The number of unbranched alkanes of at least 4 members (excludes halogenated alkanes) is 2. The molecule has 7 aromatic carbocycles. The summed E-state index contributed by atoms with van der Waals surface area (Å²) in [5, 5.41) is 7.38. The molecule has 0 unspecified atom stereocenters. The van der Waals surface area contributed by atoms with E-state index in [-0.39, 0.29) is 50.8 Å². The third kappa shape index (κ3) is 9.79. The summed E-state index contributed by atoms with van der Waals surface area (Å²) in [6.45, 7) is 6.18. The van der Waals surface area contributed by atoms with Crippen LogP contribution in [0.4, 0.5) is 5.69 Å².